The summed E-state index contributed by atoms with van der Waals surface area (Å²) in [6.07, 6.45) is 6.88. The summed E-state index contributed by atoms with van der Waals surface area (Å²) in [6, 6.07) is 0.286. The van der Waals surface area contributed by atoms with Crippen LogP contribution in [0.15, 0.2) is 18.7 Å². The van der Waals surface area contributed by atoms with Crippen molar-refractivity contribution in [3.05, 3.63) is 18.7 Å². The molecule has 0 saturated carbocycles. The molecule has 0 aliphatic rings. The fourth-order valence-corrected chi connectivity index (χ4v) is 2.32. The van der Waals surface area contributed by atoms with E-state index in [1.807, 2.05) is 38.5 Å². The first kappa shape index (κ1) is 17.2. The Balaban J connectivity index is 2.65. The van der Waals surface area contributed by atoms with Crippen LogP contribution in [0.3, 0.4) is 0 Å². The van der Waals surface area contributed by atoms with Crippen LogP contribution < -0.4 is 9.88 Å². The van der Waals surface area contributed by atoms with Gasteiger partial charge in [-0.05, 0) is 33.6 Å². The van der Waals surface area contributed by atoms with Gasteiger partial charge >= 0.3 is 5.97 Å². The van der Waals surface area contributed by atoms with Gasteiger partial charge in [0.25, 0.3) is 0 Å². The van der Waals surface area contributed by atoms with Crippen LogP contribution in [0.1, 0.15) is 46.6 Å². The van der Waals surface area contributed by atoms with Crippen molar-refractivity contribution in [1.29, 1.82) is 0 Å². The number of rotatable bonds is 8. The van der Waals surface area contributed by atoms with Crippen LogP contribution in [-0.2, 0) is 16.1 Å². The van der Waals surface area contributed by atoms with Crippen molar-refractivity contribution in [2.24, 2.45) is 5.92 Å². The lowest BCUT2D eigenvalue weighted by Gasteiger charge is -2.19. The van der Waals surface area contributed by atoms with Crippen molar-refractivity contribution >= 4 is 11.9 Å². The standard InChI is InChI=1S/C15H25N3O3/c1-5-13(15(21)16-11(2)3)8-12(4)18-7-6-17(10-18)9-14(19)20/h6-7,10-13H,5,8-9H2,1-4H3,(H-,16,19,20,21)/p+1. The molecule has 1 rings (SSSR count). The first-order valence-corrected chi connectivity index (χ1v) is 7.42. The molecule has 1 amide bonds. The molecule has 21 heavy (non-hydrogen) atoms. The quantitative estimate of drug-likeness (QED) is 0.711. The van der Waals surface area contributed by atoms with Crippen molar-refractivity contribution in [1.82, 2.24) is 9.88 Å². The largest absolute Gasteiger partial charge is 0.478 e. The van der Waals surface area contributed by atoms with E-state index in [0.717, 1.165) is 12.8 Å². The van der Waals surface area contributed by atoms with Crippen molar-refractivity contribution in [3.63, 3.8) is 0 Å². The topological polar surface area (TPSA) is 75.2 Å². The van der Waals surface area contributed by atoms with E-state index in [0.29, 0.717) is 0 Å². The lowest BCUT2D eigenvalue weighted by molar-refractivity contribution is -0.685. The summed E-state index contributed by atoms with van der Waals surface area (Å²) >= 11 is 0. The number of carbonyl (C=O) groups excluding carboxylic acids is 1. The zero-order chi connectivity index (χ0) is 16.0. The summed E-state index contributed by atoms with van der Waals surface area (Å²) in [5, 5.41) is 11.7. The van der Waals surface area contributed by atoms with Gasteiger partial charge in [0.1, 0.15) is 12.4 Å². The Hall–Kier alpha value is -1.85. The fraction of sp³-hybridized carbons (Fsp3) is 0.667. The Bertz CT molecular complexity index is 482. The highest BCUT2D eigenvalue weighted by molar-refractivity contribution is 5.78. The van der Waals surface area contributed by atoms with Crippen LogP contribution in [0, 0.1) is 5.92 Å². The Morgan fingerprint density at radius 1 is 1.33 bits per heavy atom. The average Bonchev–Trinajstić information content (AvgIpc) is 2.82. The Morgan fingerprint density at radius 3 is 2.52 bits per heavy atom. The van der Waals surface area contributed by atoms with E-state index in [1.54, 1.807) is 17.1 Å². The lowest BCUT2D eigenvalue weighted by Crippen LogP contribution is -2.37. The van der Waals surface area contributed by atoms with Gasteiger partial charge in [-0.25, -0.2) is 13.9 Å². The molecular weight excluding hydrogens is 270 g/mol. The van der Waals surface area contributed by atoms with Crippen LogP contribution in [-0.4, -0.2) is 27.6 Å². The molecule has 0 aliphatic heterocycles. The first-order valence-electron chi connectivity index (χ1n) is 7.42. The van der Waals surface area contributed by atoms with Gasteiger partial charge in [0.2, 0.25) is 12.2 Å². The molecule has 0 aliphatic carbocycles. The molecule has 0 spiro atoms. The van der Waals surface area contributed by atoms with E-state index < -0.39 is 5.97 Å². The molecule has 2 N–H and O–H groups in total. The maximum atomic E-state index is 12.1. The Labute approximate surface area is 125 Å². The van der Waals surface area contributed by atoms with Crippen molar-refractivity contribution < 1.29 is 19.3 Å². The van der Waals surface area contributed by atoms with Crippen LogP contribution in [0.25, 0.3) is 0 Å². The summed E-state index contributed by atoms with van der Waals surface area (Å²) in [5.41, 5.74) is 0. The van der Waals surface area contributed by atoms with Crippen molar-refractivity contribution in [3.8, 4) is 0 Å². The van der Waals surface area contributed by atoms with E-state index in [2.05, 4.69) is 5.32 Å². The van der Waals surface area contributed by atoms with Crippen LogP contribution in [0.4, 0.5) is 0 Å². The summed E-state index contributed by atoms with van der Waals surface area (Å²) in [7, 11) is 0. The van der Waals surface area contributed by atoms with Crippen LogP contribution in [0.2, 0.25) is 0 Å². The molecule has 0 aromatic carbocycles. The molecule has 6 nitrogen and oxygen atoms in total. The third kappa shape index (κ3) is 5.57. The Morgan fingerprint density at radius 2 is 2.00 bits per heavy atom. The van der Waals surface area contributed by atoms with E-state index in [1.165, 1.54) is 0 Å². The first-order chi connectivity index (χ1) is 9.83. The van der Waals surface area contributed by atoms with E-state index >= 15 is 0 Å². The number of carboxylic acids is 1. The molecule has 6 heteroatoms. The number of carbonyl (C=O) groups is 2. The molecule has 0 fully saturated rings. The van der Waals surface area contributed by atoms with Crippen molar-refractivity contribution in [2.45, 2.75) is 59.2 Å². The van der Waals surface area contributed by atoms with Gasteiger partial charge in [-0.2, -0.15) is 0 Å². The number of hydrogen-bond acceptors (Lipinski definition) is 2. The second-order valence-electron chi connectivity index (χ2n) is 5.78. The minimum absolute atomic E-state index is 0.0299. The maximum Gasteiger partial charge on any atom is 0.346 e. The summed E-state index contributed by atoms with van der Waals surface area (Å²) in [4.78, 5) is 22.8. The molecule has 0 bridgehead atoms. The van der Waals surface area contributed by atoms with E-state index in [4.69, 9.17) is 5.11 Å². The van der Waals surface area contributed by atoms with Gasteiger partial charge in [0.05, 0.1) is 6.04 Å². The molecular formula is C15H26N3O3+. The number of hydrogen-bond donors (Lipinski definition) is 2. The summed E-state index contributed by atoms with van der Waals surface area (Å²) in [5.74, 6) is -0.809. The zero-order valence-corrected chi connectivity index (χ0v) is 13.2. The lowest BCUT2D eigenvalue weighted by atomic mass is 9.96. The maximum absolute atomic E-state index is 12.1. The van der Waals surface area contributed by atoms with Gasteiger partial charge in [0.15, 0.2) is 6.54 Å². The third-order valence-electron chi connectivity index (χ3n) is 3.46. The fourth-order valence-electron chi connectivity index (χ4n) is 2.32. The molecule has 2 unspecified atom stereocenters. The second-order valence-corrected chi connectivity index (χ2v) is 5.78. The molecule has 0 saturated heterocycles. The van der Waals surface area contributed by atoms with E-state index in [-0.39, 0.29) is 30.5 Å². The highest BCUT2D eigenvalue weighted by Crippen LogP contribution is 2.19. The predicted molar refractivity (Wildman–Crippen MR) is 78.7 cm³/mol. The average molecular weight is 296 g/mol. The van der Waals surface area contributed by atoms with Gasteiger partial charge in [0, 0.05) is 12.0 Å². The molecule has 118 valence electrons. The second kappa shape index (κ2) is 7.81. The molecule has 2 atom stereocenters. The number of nitrogens with zero attached hydrogens (tertiary/aromatic N) is 2. The highest BCUT2D eigenvalue weighted by Gasteiger charge is 2.23. The SMILES string of the molecule is CCC(CC(C)n1cc[n+](CC(=O)O)c1)C(=O)NC(C)C. The summed E-state index contributed by atoms with van der Waals surface area (Å²) < 4.78 is 3.57. The monoisotopic (exact) mass is 296 g/mol. The molecule has 1 aromatic heterocycles. The number of nitrogens with one attached hydrogen (secondary N) is 1. The summed E-state index contributed by atoms with van der Waals surface area (Å²) in [6.45, 7) is 7.91. The Kier molecular flexibility index (Phi) is 6.39. The van der Waals surface area contributed by atoms with Gasteiger partial charge < -0.3 is 10.4 Å². The van der Waals surface area contributed by atoms with E-state index in [9.17, 15) is 9.59 Å². The number of carboxylic acid groups (broad SMARTS) is 1. The highest BCUT2D eigenvalue weighted by atomic mass is 16.4. The van der Waals surface area contributed by atoms with Gasteiger partial charge in [-0.1, -0.05) is 6.92 Å². The third-order valence-corrected chi connectivity index (χ3v) is 3.46. The minimum atomic E-state index is -0.867. The normalized spacial score (nSPS) is 14.0. The number of aromatic nitrogens is 2. The van der Waals surface area contributed by atoms with Crippen LogP contribution in [0.5, 0.6) is 0 Å². The minimum Gasteiger partial charge on any atom is -0.478 e. The van der Waals surface area contributed by atoms with Gasteiger partial charge in [-0.3, -0.25) is 4.79 Å². The molecule has 1 aromatic rings. The predicted octanol–water partition coefficient (Wildman–Crippen LogP) is 1.36. The van der Waals surface area contributed by atoms with Gasteiger partial charge in [-0.15, -0.1) is 0 Å². The number of amides is 1. The van der Waals surface area contributed by atoms with Crippen LogP contribution >= 0.6 is 0 Å². The molecule has 1 heterocycles. The number of aliphatic carboxylic acids is 1. The molecule has 0 radical (unpaired) electrons. The number of imidazole rings is 1. The zero-order valence-electron chi connectivity index (χ0n) is 13.2. The van der Waals surface area contributed by atoms with Crippen molar-refractivity contribution in [2.75, 3.05) is 0 Å². The smallest absolute Gasteiger partial charge is 0.346 e.